The van der Waals surface area contributed by atoms with Crippen LogP contribution < -0.4 is 20.1 Å². The number of esters is 1. The second-order valence-electron chi connectivity index (χ2n) is 11.8. The van der Waals surface area contributed by atoms with Gasteiger partial charge in [0, 0.05) is 24.4 Å². The summed E-state index contributed by atoms with van der Waals surface area (Å²) in [5.41, 5.74) is 5.03. The summed E-state index contributed by atoms with van der Waals surface area (Å²) in [6, 6.07) is 7.33. The topological polar surface area (TPSA) is 225 Å². The standard InChI is InChI=1S/C30H38N7O10P/c1-16(27(39)45-18-10-13-43-14-11-18)36-48(41,47-21-9-5-8-20-19(21)7-6-12-32-20)44-15-22-24(38)30(3,40)28(46-22)37-17(2)33-23-25(37)34-29(31)35-26(23)42-4/h5-9,12,16,18,22,24,28,38,40H,10-11,13-15H2,1-4H3,(H,36,41)(H2,31,34,35). The SMILES string of the molecule is COc1nc(N)nc2c1nc(C)n2C1OC(COP(=O)(NC(C)C(=O)OC2CCOCC2)Oc2cccc3ncccc23)C(O)C1(C)O. The lowest BCUT2D eigenvalue weighted by atomic mass is 9.96. The number of hydrogen-bond donors (Lipinski definition) is 4. The zero-order valence-electron chi connectivity index (χ0n) is 26.8. The largest absolute Gasteiger partial charge is 0.479 e. The maximum absolute atomic E-state index is 14.4. The van der Waals surface area contributed by atoms with Crippen LogP contribution >= 0.6 is 7.75 Å². The number of nitrogens with zero attached hydrogens (tertiary/aromatic N) is 5. The van der Waals surface area contributed by atoms with E-state index in [1.807, 2.05) is 0 Å². The van der Waals surface area contributed by atoms with E-state index in [1.165, 1.54) is 25.5 Å². The fourth-order valence-corrected chi connectivity index (χ4v) is 7.27. The third-order valence-electron chi connectivity index (χ3n) is 8.27. The third-order valence-corrected chi connectivity index (χ3v) is 9.90. The molecule has 48 heavy (non-hydrogen) atoms. The number of fused-ring (bicyclic) bond motifs is 2. The van der Waals surface area contributed by atoms with Gasteiger partial charge in [0.15, 0.2) is 17.4 Å². The number of benzene rings is 1. The summed E-state index contributed by atoms with van der Waals surface area (Å²) in [4.78, 5) is 30.1. The Labute approximate surface area is 275 Å². The first kappa shape index (κ1) is 33.9. The molecule has 2 aliphatic rings. The number of aromatic nitrogens is 5. The predicted molar refractivity (Wildman–Crippen MR) is 170 cm³/mol. The molecule has 4 aromatic rings. The second-order valence-corrected chi connectivity index (χ2v) is 13.5. The smallest absolute Gasteiger partial charge is 0.459 e. The Bertz CT molecular complexity index is 1840. The molecule has 0 amide bonds. The van der Waals surface area contributed by atoms with Crippen LogP contribution in [0.1, 0.15) is 38.7 Å². The molecular weight excluding hydrogens is 649 g/mol. The average Bonchev–Trinajstić information content (AvgIpc) is 3.50. The molecule has 2 fully saturated rings. The maximum atomic E-state index is 14.4. The number of ether oxygens (including phenoxy) is 4. The van der Waals surface area contributed by atoms with E-state index in [2.05, 4.69) is 25.0 Å². The van der Waals surface area contributed by atoms with Crippen molar-refractivity contribution in [3.05, 3.63) is 42.4 Å². The van der Waals surface area contributed by atoms with Crippen LogP contribution in [0.5, 0.6) is 11.6 Å². The zero-order chi connectivity index (χ0) is 34.2. The van der Waals surface area contributed by atoms with Gasteiger partial charge in [0.05, 0.1) is 32.4 Å². The molecule has 6 rings (SSSR count). The highest BCUT2D eigenvalue weighted by atomic mass is 31.2. The Balaban J connectivity index is 1.26. The Morgan fingerprint density at radius 2 is 2.00 bits per heavy atom. The van der Waals surface area contributed by atoms with Gasteiger partial charge < -0.3 is 39.4 Å². The van der Waals surface area contributed by atoms with E-state index < -0.39 is 50.4 Å². The molecule has 5 N–H and O–H groups in total. The molecule has 2 aliphatic heterocycles. The maximum Gasteiger partial charge on any atom is 0.459 e. The first-order valence-electron chi connectivity index (χ1n) is 15.4. The van der Waals surface area contributed by atoms with Crippen LogP contribution in [-0.2, 0) is 28.1 Å². The van der Waals surface area contributed by atoms with E-state index in [9.17, 15) is 19.6 Å². The lowest BCUT2D eigenvalue weighted by molar-refractivity contribution is -0.154. The van der Waals surface area contributed by atoms with Gasteiger partial charge in [0.1, 0.15) is 41.5 Å². The molecule has 258 valence electrons. The minimum absolute atomic E-state index is 0.101. The molecule has 5 heterocycles. The number of hydrogen-bond acceptors (Lipinski definition) is 15. The van der Waals surface area contributed by atoms with Crippen LogP contribution in [0.15, 0.2) is 36.5 Å². The molecule has 17 nitrogen and oxygen atoms in total. The molecule has 18 heteroatoms. The van der Waals surface area contributed by atoms with Gasteiger partial charge in [-0.3, -0.25) is 18.9 Å². The number of rotatable bonds is 11. The fraction of sp³-hybridized carbons (Fsp3) is 0.500. The molecule has 0 spiro atoms. The second kappa shape index (κ2) is 13.5. The summed E-state index contributed by atoms with van der Waals surface area (Å²) >= 11 is 0. The van der Waals surface area contributed by atoms with Crippen LogP contribution in [0, 0.1) is 6.92 Å². The number of carbonyl (C=O) groups is 1. The van der Waals surface area contributed by atoms with Gasteiger partial charge in [0.25, 0.3) is 0 Å². The summed E-state index contributed by atoms with van der Waals surface area (Å²) in [6.45, 7) is 4.91. The van der Waals surface area contributed by atoms with Gasteiger partial charge in [0.2, 0.25) is 11.8 Å². The monoisotopic (exact) mass is 687 g/mol. The van der Waals surface area contributed by atoms with Crippen molar-refractivity contribution in [2.24, 2.45) is 0 Å². The average molecular weight is 688 g/mol. The number of pyridine rings is 1. The molecule has 6 unspecified atom stereocenters. The molecule has 1 aromatic carbocycles. The Morgan fingerprint density at radius 3 is 2.75 bits per heavy atom. The van der Waals surface area contributed by atoms with Crippen molar-refractivity contribution in [2.45, 2.75) is 69.8 Å². The Kier molecular flexibility index (Phi) is 9.55. The number of aliphatic hydroxyl groups is 2. The molecule has 0 radical (unpaired) electrons. The molecular formula is C30H38N7O10P. The van der Waals surface area contributed by atoms with Gasteiger partial charge in [-0.25, -0.2) is 9.55 Å². The van der Waals surface area contributed by atoms with Crippen LogP contribution in [0.2, 0.25) is 0 Å². The number of imidazole rings is 1. The number of aliphatic hydroxyl groups excluding tert-OH is 1. The van der Waals surface area contributed by atoms with Gasteiger partial charge in [-0.15, -0.1) is 0 Å². The number of carbonyl (C=O) groups excluding carboxylic acids is 1. The summed E-state index contributed by atoms with van der Waals surface area (Å²) < 4.78 is 50.1. The predicted octanol–water partition coefficient (Wildman–Crippen LogP) is 2.19. The molecule has 3 aromatic heterocycles. The first-order chi connectivity index (χ1) is 22.9. The minimum Gasteiger partial charge on any atom is -0.479 e. The van der Waals surface area contributed by atoms with Crippen molar-refractivity contribution in [3.63, 3.8) is 0 Å². The number of methoxy groups -OCH3 is 1. The van der Waals surface area contributed by atoms with Crippen molar-refractivity contribution in [3.8, 4) is 11.6 Å². The van der Waals surface area contributed by atoms with Crippen LogP contribution in [0.3, 0.4) is 0 Å². The summed E-state index contributed by atoms with van der Waals surface area (Å²) in [5.74, 6) is -0.107. The quantitative estimate of drug-likeness (QED) is 0.131. The molecule has 0 bridgehead atoms. The number of nitrogens with one attached hydrogen (secondary N) is 1. The zero-order valence-corrected chi connectivity index (χ0v) is 27.7. The van der Waals surface area contributed by atoms with Gasteiger partial charge in [-0.1, -0.05) is 6.07 Å². The molecule has 2 saturated heterocycles. The highest BCUT2D eigenvalue weighted by Crippen LogP contribution is 2.48. The van der Waals surface area contributed by atoms with E-state index in [1.54, 1.807) is 43.5 Å². The van der Waals surface area contributed by atoms with Crippen molar-refractivity contribution in [2.75, 3.05) is 32.7 Å². The van der Waals surface area contributed by atoms with Gasteiger partial charge in [-0.2, -0.15) is 15.1 Å². The molecule has 0 saturated carbocycles. The minimum atomic E-state index is -4.42. The summed E-state index contributed by atoms with van der Waals surface area (Å²) in [5, 5.41) is 26.0. The van der Waals surface area contributed by atoms with E-state index in [0.29, 0.717) is 42.8 Å². The number of aryl methyl sites for hydroxylation is 1. The first-order valence-corrected chi connectivity index (χ1v) is 16.9. The number of nitrogen functional groups attached to an aromatic ring is 1. The number of anilines is 1. The van der Waals surface area contributed by atoms with Crippen molar-refractivity contribution >= 4 is 41.7 Å². The highest BCUT2D eigenvalue weighted by Gasteiger charge is 2.54. The van der Waals surface area contributed by atoms with E-state index >= 15 is 0 Å². The molecule has 0 aliphatic carbocycles. The highest BCUT2D eigenvalue weighted by molar-refractivity contribution is 7.52. The Hall–Kier alpha value is -3.96. The van der Waals surface area contributed by atoms with Crippen molar-refractivity contribution < 1.29 is 47.6 Å². The van der Waals surface area contributed by atoms with E-state index in [0.717, 1.165) is 0 Å². The summed E-state index contributed by atoms with van der Waals surface area (Å²) in [7, 11) is -3.02. The van der Waals surface area contributed by atoms with Gasteiger partial charge >= 0.3 is 13.7 Å². The van der Waals surface area contributed by atoms with E-state index in [-0.39, 0.29) is 34.8 Å². The lowest BCUT2D eigenvalue weighted by Crippen LogP contribution is -2.45. The van der Waals surface area contributed by atoms with Gasteiger partial charge in [-0.05, 0) is 45.0 Å². The lowest BCUT2D eigenvalue weighted by Gasteiger charge is -2.28. The normalized spacial score (nSPS) is 25.2. The summed E-state index contributed by atoms with van der Waals surface area (Å²) in [6.07, 6.45) is -1.67. The Morgan fingerprint density at radius 1 is 1.23 bits per heavy atom. The number of nitrogens with two attached hydrogens (primary N) is 1. The van der Waals surface area contributed by atoms with Crippen LogP contribution in [0.25, 0.3) is 22.1 Å². The third kappa shape index (κ3) is 6.67. The molecule has 6 atom stereocenters. The van der Waals surface area contributed by atoms with E-state index in [4.69, 9.17) is 33.7 Å². The van der Waals surface area contributed by atoms with Crippen molar-refractivity contribution in [1.82, 2.24) is 29.6 Å². The van der Waals surface area contributed by atoms with Crippen molar-refractivity contribution in [1.29, 1.82) is 0 Å². The fourth-order valence-electron chi connectivity index (χ4n) is 5.75. The van der Waals surface area contributed by atoms with Crippen LogP contribution in [0.4, 0.5) is 5.95 Å². The van der Waals surface area contributed by atoms with Crippen LogP contribution in [-0.4, -0.2) is 97.6 Å².